The second-order valence-electron chi connectivity index (χ2n) is 3.79. The maximum absolute atomic E-state index is 12.2. The highest BCUT2D eigenvalue weighted by Crippen LogP contribution is 2.17. The first-order chi connectivity index (χ1) is 9.03. The first-order valence-electron chi connectivity index (χ1n) is 5.56. The number of hydrogen-bond acceptors (Lipinski definition) is 6. The fourth-order valence-corrected chi connectivity index (χ4v) is 3.27. The molecular weight excluding hydrogens is 284 g/mol. The number of nitrogens with zero attached hydrogens (tertiary/aromatic N) is 2. The van der Waals surface area contributed by atoms with Gasteiger partial charge < -0.3 is 5.32 Å². The standard InChI is InChI=1S/C11H14N4O2S2/c1-8-15-9(7-18-8)6-14-19(16,17)11-10(12-2)4-3-5-13-11/h3-5,7,12,14H,6H2,1-2H3. The summed E-state index contributed by atoms with van der Waals surface area (Å²) in [5, 5.41) is 5.53. The first kappa shape index (κ1) is 13.9. The number of pyridine rings is 1. The van der Waals surface area contributed by atoms with Crippen LogP contribution >= 0.6 is 11.3 Å². The zero-order valence-corrected chi connectivity index (χ0v) is 12.2. The van der Waals surface area contributed by atoms with Gasteiger partial charge in [0.1, 0.15) is 0 Å². The summed E-state index contributed by atoms with van der Waals surface area (Å²) in [5.41, 5.74) is 1.16. The quantitative estimate of drug-likeness (QED) is 0.871. The predicted molar refractivity (Wildman–Crippen MR) is 74.7 cm³/mol. The van der Waals surface area contributed by atoms with Crippen LogP contribution in [-0.4, -0.2) is 25.4 Å². The topological polar surface area (TPSA) is 84.0 Å². The van der Waals surface area contributed by atoms with Gasteiger partial charge in [-0.05, 0) is 19.1 Å². The molecule has 0 aliphatic carbocycles. The number of anilines is 1. The lowest BCUT2D eigenvalue weighted by atomic mass is 10.4. The highest BCUT2D eigenvalue weighted by molar-refractivity contribution is 7.89. The molecule has 0 spiro atoms. The average molecular weight is 298 g/mol. The number of nitrogens with one attached hydrogen (secondary N) is 2. The fraction of sp³-hybridized carbons (Fsp3) is 0.273. The van der Waals surface area contributed by atoms with E-state index in [1.807, 2.05) is 12.3 Å². The SMILES string of the molecule is CNc1cccnc1S(=O)(=O)NCc1csc(C)n1. The summed E-state index contributed by atoms with van der Waals surface area (Å²) in [6.07, 6.45) is 1.45. The van der Waals surface area contributed by atoms with E-state index in [1.54, 1.807) is 19.2 Å². The molecule has 0 saturated carbocycles. The number of rotatable bonds is 5. The molecule has 0 saturated heterocycles. The van der Waals surface area contributed by atoms with Gasteiger partial charge in [-0.15, -0.1) is 11.3 Å². The molecule has 6 nitrogen and oxygen atoms in total. The van der Waals surface area contributed by atoms with Crippen molar-refractivity contribution in [1.82, 2.24) is 14.7 Å². The van der Waals surface area contributed by atoms with Gasteiger partial charge in [0.25, 0.3) is 10.0 Å². The predicted octanol–water partition coefficient (Wildman–Crippen LogP) is 1.37. The van der Waals surface area contributed by atoms with E-state index in [1.165, 1.54) is 17.5 Å². The number of aromatic nitrogens is 2. The number of thiazole rings is 1. The molecule has 0 amide bonds. The first-order valence-corrected chi connectivity index (χ1v) is 7.92. The molecule has 8 heteroatoms. The molecule has 2 rings (SSSR count). The number of aryl methyl sites for hydroxylation is 1. The summed E-state index contributed by atoms with van der Waals surface area (Å²) in [5.74, 6) is 0. The van der Waals surface area contributed by atoms with Gasteiger partial charge in [0, 0.05) is 18.6 Å². The van der Waals surface area contributed by atoms with Gasteiger partial charge >= 0.3 is 0 Å². The van der Waals surface area contributed by atoms with E-state index < -0.39 is 10.0 Å². The molecule has 2 N–H and O–H groups in total. The van der Waals surface area contributed by atoms with Gasteiger partial charge in [-0.1, -0.05) is 0 Å². The van der Waals surface area contributed by atoms with Crippen LogP contribution < -0.4 is 10.0 Å². The van der Waals surface area contributed by atoms with E-state index in [0.717, 1.165) is 5.01 Å². The summed E-state index contributed by atoms with van der Waals surface area (Å²) >= 11 is 1.48. The normalized spacial score (nSPS) is 11.5. The molecule has 2 aromatic rings. The van der Waals surface area contributed by atoms with Crippen LogP contribution in [0.3, 0.4) is 0 Å². The third-order valence-corrected chi connectivity index (χ3v) is 4.59. The van der Waals surface area contributed by atoms with E-state index in [0.29, 0.717) is 11.4 Å². The van der Waals surface area contributed by atoms with Crippen LogP contribution in [0.5, 0.6) is 0 Å². The molecule has 0 unspecified atom stereocenters. The lowest BCUT2D eigenvalue weighted by Crippen LogP contribution is -2.25. The van der Waals surface area contributed by atoms with Crippen molar-refractivity contribution in [3.05, 3.63) is 34.4 Å². The number of hydrogen-bond donors (Lipinski definition) is 2. The van der Waals surface area contributed by atoms with Crippen LogP contribution in [0.4, 0.5) is 5.69 Å². The molecular formula is C11H14N4O2S2. The second-order valence-corrected chi connectivity index (χ2v) is 6.53. The van der Waals surface area contributed by atoms with Crippen molar-refractivity contribution < 1.29 is 8.42 Å². The molecule has 0 bridgehead atoms. The minimum atomic E-state index is -3.65. The molecule has 2 heterocycles. The smallest absolute Gasteiger partial charge is 0.260 e. The monoisotopic (exact) mass is 298 g/mol. The van der Waals surface area contributed by atoms with Crippen LogP contribution in [0.25, 0.3) is 0 Å². The van der Waals surface area contributed by atoms with E-state index in [2.05, 4.69) is 20.0 Å². The molecule has 0 aliphatic rings. The fourth-order valence-electron chi connectivity index (χ4n) is 1.52. The van der Waals surface area contributed by atoms with Crippen molar-refractivity contribution >= 4 is 27.0 Å². The summed E-state index contributed by atoms with van der Waals surface area (Å²) in [7, 11) is -2.00. The van der Waals surface area contributed by atoms with E-state index >= 15 is 0 Å². The molecule has 19 heavy (non-hydrogen) atoms. The highest BCUT2D eigenvalue weighted by atomic mass is 32.2. The third-order valence-electron chi connectivity index (χ3n) is 2.40. The van der Waals surface area contributed by atoms with Crippen molar-refractivity contribution in [3.63, 3.8) is 0 Å². The number of sulfonamides is 1. The van der Waals surface area contributed by atoms with Gasteiger partial charge in [0.2, 0.25) is 0 Å². The highest BCUT2D eigenvalue weighted by Gasteiger charge is 2.19. The Morgan fingerprint density at radius 3 is 2.84 bits per heavy atom. The zero-order chi connectivity index (χ0) is 13.9. The molecule has 0 atom stereocenters. The summed E-state index contributed by atoms with van der Waals surface area (Å²) in [4.78, 5) is 8.11. The van der Waals surface area contributed by atoms with E-state index in [9.17, 15) is 8.42 Å². The molecule has 0 aromatic carbocycles. The second kappa shape index (κ2) is 5.64. The molecule has 0 aliphatic heterocycles. The van der Waals surface area contributed by atoms with Crippen molar-refractivity contribution in [1.29, 1.82) is 0 Å². The largest absolute Gasteiger partial charge is 0.386 e. The van der Waals surface area contributed by atoms with E-state index in [4.69, 9.17) is 0 Å². The molecule has 0 radical (unpaired) electrons. The van der Waals surface area contributed by atoms with Crippen LogP contribution in [-0.2, 0) is 16.6 Å². The Balaban J connectivity index is 2.18. The molecule has 0 fully saturated rings. The van der Waals surface area contributed by atoms with Crippen LogP contribution in [0, 0.1) is 6.92 Å². The summed E-state index contributed by atoms with van der Waals surface area (Å²) in [6, 6.07) is 3.34. The summed E-state index contributed by atoms with van der Waals surface area (Å²) < 4.78 is 26.8. The van der Waals surface area contributed by atoms with Gasteiger partial charge in [-0.3, -0.25) is 0 Å². The minimum absolute atomic E-state index is 0.00977. The minimum Gasteiger partial charge on any atom is -0.386 e. The Bertz CT molecular complexity index is 667. The van der Waals surface area contributed by atoms with Crippen LogP contribution in [0.1, 0.15) is 10.7 Å². The van der Waals surface area contributed by atoms with Crippen molar-refractivity contribution in [2.24, 2.45) is 0 Å². The summed E-state index contributed by atoms with van der Waals surface area (Å²) in [6.45, 7) is 2.03. The van der Waals surface area contributed by atoms with Crippen LogP contribution in [0.15, 0.2) is 28.7 Å². The Hall–Kier alpha value is -1.51. The van der Waals surface area contributed by atoms with Gasteiger partial charge in [-0.2, -0.15) is 0 Å². The van der Waals surface area contributed by atoms with Crippen LogP contribution in [0.2, 0.25) is 0 Å². The van der Waals surface area contributed by atoms with Gasteiger partial charge in [0.05, 0.1) is 22.9 Å². The molecule has 2 aromatic heterocycles. The zero-order valence-electron chi connectivity index (χ0n) is 10.5. The van der Waals surface area contributed by atoms with Crippen molar-refractivity contribution in [3.8, 4) is 0 Å². The lowest BCUT2D eigenvalue weighted by Gasteiger charge is -2.09. The van der Waals surface area contributed by atoms with Crippen molar-refractivity contribution in [2.75, 3.05) is 12.4 Å². The van der Waals surface area contributed by atoms with Crippen molar-refractivity contribution in [2.45, 2.75) is 18.5 Å². The lowest BCUT2D eigenvalue weighted by molar-refractivity contribution is 0.577. The Labute approximate surface area is 116 Å². The van der Waals surface area contributed by atoms with Gasteiger partial charge in [0.15, 0.2) is 5.03 Å². The average Bonchev–Trinajstić information content (AvgIpc) is 2.82. The third kappa shape index (κ3) is 3.28. The molecule has 102 valence electrons. The Kier molecular flexibility index (Phi) is 4.13. The maximum atomic E-state index is 12.2. The maximum Gasteiger partial charge on any atom is 0.260 e. The van der Waals surface area contributed by atoms with E-state index in [-0.39, 0.29) is 11.6 Å². The Morgan fingerprint density at radius 2 is 2.21 bits per heavy atom. The van der Waals surface area contributed by atoms with Gasteiger partial charge in [-0.25, -0.2) is 23.1 Å². The Morgan fingerprint density at radius 1 is 1.42 bits per heavy atom.